The van der Waals surface area contributed by atoms with E-state index in [0.29, 0.717) is 12.6 Å². The SMILES string of the molecule is CC1CC(NC[C@@H]2CNC(=O)O2)C1. The van der Waals surface area contributed by atoms with Gasteiger partial charge in [-0.15, -0.1) is 0 Å². The highest BCUT2D eigenvalue weighted by atomic mass is 16.6. The molecule has 0 aromatic heterocycles. The van der Waals surface area contributed by atoms with Crippen molar-refractivity contribution in [2.75, 3.05) is 13.1 Å². The number of rotatable bonds is 3. The fourth-order valence-electron chi connectivity index (χ4n) is 1.91. The van der Waals surface area contributed by atoms with E-state index in [0.717, 1.165) is 12.5 Å². The van der Waals surface area contributed by atoms with Crippen LogP contribution in [0.5, 0.6) is 0 Å². The lowest BCUT2D eigenvalue weighted by Gasteiger charge is -2.33. The number of carbonyl (C=O) groups excluding carboxylic acids is 1. The van der Waals surface area contributed by atoms with Gasteiger partial charge in [0.05, 0.1) is 6.54 Å². The van der Waals surface area contributed by atoms with E-state index in [1.54, 1.807) is 0 Å². The van der Waals surface area contributed by atoms with Crippen LogP contribution < -0.4 is 10.6 Å². The van der Waals surface area contributed by atoms with Crippen molar-refractivity contribution in [2.24, 2.45) is 5.92 Å². The Morgan fingerprint density at radius 2 is 2.38 bits per heavy atom. The first-order valence-electron chi connectivity index (χ1n) is 4.92. The van der Waals surface area contributed by atoms with E-state index in [2.05, 4.69) is 17.6 Å². The Bertz CT molecular complexity index is 202. The summed E-state index contributed by atoms with van der Waals surface area (Å²) < 4.78 is 4.99. The summed E-state index contributed by atoms with van der Waals surface area (Å²) in [7, 11) is 0. The van der Waals surface area contributed by atoms with E-state index < -0.39 is 0 Å². The molecule has 4 heteroatoms. The zero-order valence-electron chi connectivity index (χ0n) is 7.88. The molecule has 1 heterocycles. The Kier molecular flexibility index (Phi) is 2.40. The van der Waals surface area contributed by atoms with E-state index >= 15 is 0 Å². The van der Waals surface area contributed by atoms with Crippen molar-refractivity contribution < 1.29 is 9.53 Å². The van der Waals surface area contributed by atoms with Crippen LogP contribution in [0, 0.1) is 5.92 Å². The zero-order chi connectivity index (χ0) is 9.26. The van der Waals surface area contributed by atoms with Gasteiger partial charge < -0.3 is 15.4 Å². The van der Waals surface area contributed by atoms with Crippen molar-refractivity contribution in [1.29, 1.82) is 0 Å². The first kappa shape index (κ1) is 8.81. The van der Waals surface area contributed by atoms with Crippen LogP contribution in [0.3, 0.4) is 0 Å². The Balaban J connectivity index is 1.60. The van der Waals surface area contributed by atoms with E-state index in [9.17, 15) is 4.79 Å². The summed E-state index contributed by atoms with van der Waals surface area (Å²) in [5.41, 5.74) is 0. The molecule has 0 aromatic rings. The second-order valence-corrected chi connectivity index (χ2v) is 4.09. The summed E-state index contributed by atoms with van der Waals surface area (Å²) >= 11 is 0. The molecular formula is C9H16N2O2. The van der Waals surface area contributed by atoms with Gasteiger partial charge in [-0.25, -0.2) is 4.79 Å². The predicted molar refractivity (Wildman–Crippen MR) is 48.5 cm³/mol. The van der Waals surface area contributed by atoms with E-state index in [4.69, 9.17) is 4.74 Å². The molecule has 2 aliphatic rings. The van der Waals surface area contributed by atoms with Crippen LogP contribution in [0.4, 0.5) is 4.79 Å². The molecule has 1 amide bonds. The second kappa shape index (κ2) is 3.54. The Morgan fingerprint density at radius 1 is 1.62 bits per heavy atom. The van der Waals surface area contributed by atoms with E-state index in [1.807, 2.05) is 0 Å². The van der Waals surface area contributed by atoms with Crippen LogP contribution in [0.25, 0.3) is 0 Å². The van der Waals surface area contributed by atoms with Crippen LogP contribution in [-0.4, -0.2) is 31.3 Å². The summed E-state index contributed by atoms with van der Waals surface area (Å²) in [5, 5.41) is 6.03. The summed E-state index contributed by atoms with van der Waals surface area (Å²) in [6, 6.07) is 0.648. The van der Waals surface area contributed by atoms with Gasteiger partial charge in [0.2, 0.25) is 0 Å². The van der Waals surface area contributed by atoms with Gasteiger partial charge in [-0.05, 0) is 18.8 Å². The second-order valence-electron chi connectivity index (χ2n) is 4.09. The summed E-state index contributed by atoms with van der Waals surface area (Å²) in [6.45, 7) is 3.69. The highest BCUT2D eigenvalue weighted by Crippen LogP contribution is 2.26. The Labute approximate surface area is 78.0 Å². The van der Waals surface area contributed by atoms with Gasteiger partial charge in [0.1, 0.15) is 6.10 Å². The Hall–Kier alpha value is -0.770. The molecule has 1 aliphatic carbocycles. The molecule has 1 saturated heterocycles. The van der Waals surface area contributed by atoms with Gasteiger partial charge in [0, 0.05) is 12.6 Å². The van der Waals surface area contributed by atoms with Gasteiger partial charge in [0.15, 0.2) is 0 Å². The van der Waals surface area contributed by atoms with E-state index in [-0.39, 0.29) is 12.2 Å². The molecular weight excluding hydrogens is 168 g/mol. The van der Waals surface area contributed by atoms with Crippen molar-refractivity contribution >= 4 is 6.09 Å². The monoisotopic (exact) mass is 184 g/mol. The van der Waals surface area contributed by atoms with Crippen LogP contribution in [0.1, 0.15) is 19.8 Å². The number of alkyl carbamates (subject to hydrolysis) is 1. The third-order valence-corrected chi connectivity index (χ3v) is 2.76. The molecule has 0 bridgehead atoms. The van der Waals surface area contributed by atoms with Crippen molar-refractivity contribution in [3.63, 3.8) is 0 Å². The van der Waals surface area contributed by atoms with Crippen LogP contribution in [0.15, 0.2) is 0 Å². The lowest BCUT2D eigenvalue weighted by Crippen LogP contribution is -2.44. The average Bonchev–Trinajstić information content (AvgIpc) is 2.43. The van der Waals surface area contributed by atoms with Crippen molar-refractivity contribution in [1.82, 2.24) is 10.6 Å². The number of hydrogen-bond donors (Lipinski definition) is 2. The number of carbonyl (C=O) groups is 1. The summed E-state index contributed by atoms with van der Waals surface area (Å²) in [6.07, 6.45) is 2.26. The molecule has 2 fully saturated rings. The van der Waals surface area contributed by atoms with Gasteiger partial charge in [-0.1, -0.05) is 6.92 Å². The normalized spacial score (nSPS) is 37.9. The minimum absolute atomic E-state index is 0.0309. The smallest absolute Gasteiger partial charge is 0.407 e. The topological polar surface area (TPSA) is 50.4 Å². The van der Waals surface area contributed by atoms with Gasteiger partial charge in [-0.2, -0.15) is 0 Å². The largest absolute Gasteiger partial charge is 0.443 e. The first-order valence-corrected chi connectivity index (χ1v) is 4.92. The molecule has 0 spiro atoms. The predicted octanol–water partition coefficient (Wildman–Crippen LogP) is 0.483. The Morgan fingerprint density at radius 3 is 2.92 bits per heavy atom. The summed E-state index contributed by atoms with van der Waals surface area (Å²) in [4.78, 5) is 10.7. The van der Waals surface area contributed by atoms with Gasteiger partial charge in [0.25, 0.3) is 0 Å². The molecule has 1 aliphatic heterocycles. The van der Waals surface area contributed by atoms with Crippen molar-refractivity contribution in [3.8, 4) is 0 Å². The summed E-state index contributed by atoms with van der Waals surface area (Å²) in [5.74, 6) is 0.863. The number of nitrogens with one attached hydrogen (secondary N) is 2. The highest BCUT2D eigenvalue weighted by Gasteiger charge is 2.27. The lowest BCUT2D eigenvalue weighted by molar-refractivity contribution is 0.130. The standard InChI is InChI=1S/C9H16N2O2/c1-6-2-7(3-6)10-4-8-5-11-9(12)13-8/h6-8,10H,2-5H2,1H3,(H,11,12)/t6?,7?,8-/m1/s1. The average molecular weight is 184 g/mol. The molecule has 0 aromatic carbocycles. The molecule has 74 valence electrons. The first-order chi connectivity index (χ1) is 6.24. The number of ether oxygens (including phenoxy) is 1. The molecule has 2 rings (SSSR count). The maximum Gasteiger partial charge on any atom is 0.407 e. The number of amides is 1. The molecule has 1 atom stereocenters. The molecule has 1 saturated carbocycles. The fraction of sp³-hybridized carbons (Fsp3) is 0.889. The zero-order valence-corrected chi connectivity index (χ0v) is 7.88. The third-order valence-electron chi connectivity index (χ3n) is 2.76. The van der Waals surface area contributed by atoms with Crippen LogP contribution in [-0.2, 0) is 4.74 Å². The minimum atomic E-state index is -0.284. The van der Waals surface area contributed by atoms with Crippen LogP contribution in [0.2, 0.25) is 0 Å². The molecule has 13 heavy (non-hydrogen) atoms. The lowest BCUT2D eigenvalue weighted by atomic mass is 9.82. The molecule has 4 nitrogen and oxygen atoms in total. The fourth-order valence-corrected chi connectivity index (χ4v) is 1.91. The minimum Gasteiger partial charge on any atom is -0.443 e. The van der Waals surface area contributed by atoms with Crippen molar-refractivity contribution in [3.05, 3.63) is 0 Å². The van der Waals surface area contributed by atoms with E-state index in [1.165, 1.54) is 12.8 Å². The van der Waals surface area contributed by atoms with Gasteiger partial charge in [-0.3, -0.25) is 0 Å². The number of hydrogen-bond acceptors (Lipinski definition) is 3. The quantitative estimate of drug-likeness (QED) is 0.671. The molecule has 0 unspecified atom stereocenters. The molecule has 2 N–H and O–H groups in total. The highest BCUT2D eigenvalue weighted by molar-refractivity contribution is 5.69. The maximum absolute atomic E-state index is 10.7. The maximum atomic E-state index is 10.7. The number of cyclic esters (lactones) is 1. The van der Waals surface area contributed by atoms with Crippen LogP contribution >= 0.6 is 0 Å². The molecule has 0 radical (unpaired) electrons. The van der Waals surface area contributed by atoms with Crippen molar-refractivity contribution in [2.45, 2.75) is 31.9 Å². The van der Waals surface area contributed by atoms with Gasteiger partial charge >= 0.3 is 6.09 Å². The third kappa shape index (κ3) is 2.12.